The van der Waals surface area contributed by atoms with Gasteiger partial charge in [-0.15, -0.1) is 0 Å². The number of hydrazine groups is 1. The Morgan fingerprint density at radius 2 is 1.93 bits per heavy atom. The molecule has 3 amide bonds. The highest BCUT2D eigenvalue weighted by Crippen LogP contribution is 2.22. The first-order valence-electron chi connectivity index (χ1n) is 8.81. The lowest BCUT2D eigenvalue weighted by Crippen LogP contribution is -2.49. The van der Waals surface area contributed by atoms with Gasteiger partial charge < -0.3 is 4.74 Å². The number of benzene rings is 1. The first-order valence-corrected chi connectivity index (χ1v) is 10.6. The topological polar surface area (TPSA) is 134 Å². The Hall–Kier alpha value is -3.02. The van der Waals surface area contributed by atoms with E-state index in [0.29, 0.717) is 0 Å². The summed E-state index contributed by atoms with van der Waals surface area (Å²) in [5.41, 5.74) is 4.33. The van der Waals surface area contributed by atoms with Gasteiger partial charge in [0.25, 0.3) is 11.8 Å². The van der Waals surface area contributed by atoms with Crippen LogP contribution in [0.15, 0.2) is 29.4 Å². The lowest BCUT2D eigenvalue weighted by Gasteiger charge is -2.27. The van der Waals surface area contributed by atoms with E-state index in [9.17, 15) is 27.2 Å². The summed E-state index contributed by atoms with van der Waals surface area (Å²) in [7, 11) is -3.21. The highest BCUT2D eigenvalue weighted by Gasteiger charge is 2.37. The van der Waals surface area contributed by atoms with Gasteiger partial charge in [0.15, 0.2) is 16.4 Å². The fourth-order valence-electron chi connectivity index (χ4n) is 2.90. The summed E-state index contributed by atoms with van der Waals surface area (Å²) in [6.07, 6.45) is 0.358. The highest BCUT2D eigenvalue weighted by atomic mass is 32.2. The quantitative estimate of drug-likeness (QED) is 0.611. The monoisotopic (exact) mass is 426 g/mol. The summed E-state index contributed by atoms with van der Waals surface area (Å²) in [5.74, 6) is -2.08. The van der Waals surface area contributed by atoms with Crippen LogP contribution in [0.1, 0.15) is 19.3 Å². The van der Waals surface area contributed by atoms with E-state index in [1.165, 1.54) is 24.3 Å². The fraction of sp³-hybridized carbons (Fsp3) is 0.412. The normalized spacial score (nSPS) is 20.7. The van der Waals surface area contributed by atoms with Crippen molar-refractivity contribution in [2.45, 2.75) is 25.3 Å². The van der Waals surface area contributed by atoms with Crippen molar-refractivity contribution in [3.8, 4) is 5.75 Å². The van der Waals surface area contributed by atoms with E-state index >= 15 is 0 Å². The van der Waals surface area contributed by atoms with Crippen LogP contribution in [-0.2, 0) is 24.2 Å². The number of hydrogen-bond acceptors (Lipinski definition) is 7. The molecule has 2 aliphatic heterocycles. The molecule has 2 aliphatic rings. The predicted molar refractivity (Wildman–Crippen MR) is 98.8 cm³/mol. The van der Waals surface area contributed by atoms with Crippen LogP contribution in [0.2, 0.25) is 0 Å². The van der Waals surface area contributed by atoms with Crippen LogP contribution < -0.4 is 15.6 Å². The fourth-order valence-corrected chi connectivity index (χ4v) is 4.59. The van der Waals surface area contributed by atoms with Crippen molar-refractivity contribution in [3.63, 3.8) is 0 Å². The maximum absolute atomic E-state index is 12.8. The lowest BCUT2D eigenvalue weighted by atomic mass is 10.1. The Bertz CT molecular complexity index is 947. The molecule has 1 saturated heterocycles. The number of halogens is 1. The maximum Gasteiger partial charge on any atom is 0.285 e. The summed E-state index contributed by atoms with van der Waals surface area (Å²) in [6, 6.07) is 4.48. The molecule has 1 fully saturated rings. The van der Waals surface area contributed by atoms with Gasteiger partial charge in [-0.2, -0.15) is 5.10 Å². The van der Waals surface area contributed by atoms with E-state index in [4.69, 9.17) is 4.74 Å². The van der Waals surface area contributed by atoms with Crippen LogP contribution in [0.5, 0.6) is 5.75 Å². The molecule has 3 rings (SSSR count). The van der Waals surface area contributed by atoms with Gasteiger partial charge in [0.05, 0.1) is 17.5 Å². The summed E-state index contributed by atoms with van der Waals surface area (Å²) in [4.78, 5) is 36.0. The van der Waals surface area contributed by atoms with Gasteiger partial charge in [-0.3, -0.25) is 25.2 Å². The number of nitrogens with zero attached hydrogens (tertiary/aromatic N) is 2. The van der Waals surface area contributed by atoms with Gasteiger partial charge in [0.2, 0.25) is 5.91 Å². The number of carbonyl (C=O) groups is 3. The number of carbonyl (C=O) groups excluding carboxylic acids is 3. The first kappa shape index (κ1) is 20.7. The molecule has 1 aromatic rings. The number of hydrazone groups is 1. The maximum atomic E-state index is 12.8. The summed E-state index contributed by atoms with van der Waals surface area (Å²) >= 11 is 0. The predicted octanol–water partition coefficient (Wildman–Crippen LogP) is -0.483. The van der Waals surface area contributed by atoms with E-state index in [-0.39, 0.29) is 48.1 Å². The summed E-state index contributed by atoms with van der Waals surface area (Å²) in [5, 5.41) is 5.05. The second-order valence-electron chi connectivity index (χ2n) is 6.59. The number of rotatable bonds is 5. The average Bonchev–Trinajstić information content (AvgIpc) is 3.05. The third kappa shape index (κ3) is 5.50. The molecule has 0 unspecified atom stereocenters. The molecule has 0 spiro atoms. The van der Waals surface area contributed by atoms with E-state index in [1.54, 1.807) is 0 Å². The van der Waals surface area contributed by atoms with E-state index in [1.807, 2.05) is 0 Å². The molecular formula is C17H19FN4O6S. The van der Waals surface area contributed by atoms with Gasteiger partial charge in [0.1, 0.15) is 17.3 Å². The molecule has 2 N–H and O–H groups in total. The van der Waals surface area contributed by atoms with E-state index in [2.05, 4.69) is 16.0 Å². The van der Waals surface area contributed by atoms with Gasteiger partial charge in [-0.25, -0.2) is 17.8 Å². The molecule has 0 aromatic heterocycles. The molecule has 2 heterocycles. The Labute approximate surface area is 166 Å². The van der Waals surface area contributed by atoms with Crippen LogP contribution >= 0.6 is 0 Å². The largest absolute Gasteiger partial charge is 0.484 e. The zero-order valence-electron chi connectivity index (χ0n) is 15.3. The molecular weight excluding hydrogens is 407 g/mol. The van der Waals surface area contributed by atoms with E-state index < -0.39 is 40.1 Å². The Kier molecular flexibility index (Phi) is 6.11. The Morgan fingerprint density at radius 3 is 2.59 bits per heavy atom. The smallest absolute Gasteiger partial charge is 0.285 e. The molecule has 1 atom stereocenters. The second kappa shape index (κ2) is 8.55. The summed E-state index contributed by atoms with van der Waals surface area (Å²) in [6.45, 7) is -0.414. The second-order valence-corrected chi connectivity index (χ2v) is 8.82. The molecule has 12 heteroatoms. The summed E-state index contributed by atoms with van der Waals surface area (Å²) < 4.78 is 41.2. The minimum Gasteiger partial charge on any atom is -0.484 e. The Morgan fingerprint density at radius 1 is 1.21 bits per heavy atom. The standard InChI is InChI=1S/C17H19FN4O6S/c18-11-1-3-13(4-2-11)28-9-15(23)19-20-17(25)14-5-6-16(24)22(21-14)12-7-8-29(26,27)10-12/h1-4,12H,5-10H2,(H,19,23)(H,20,25)/t12-/m0/s1. The molecule has 0 saturated carbocycles. The molecule has 0 aliphatic carbocycles. The SMILES string of the molecule is O=C(COc1ccc(F)cc1)NNC(=O)C1=NN([C@H]2CCS(=O)(=O)C2)C(=O)CC1. The van der Waals surface area contributed by atoms with Crippen molar-refractivity contribution in [1.82, 2.24) is 15.9 Å². The Balaban J connectivity index is 1.51. The first-order chi connectivity index (χ1) is 13.7. The zero-order valence-corrected chi connectivity index (χ0v) is 16.1. The number of nitrogens with one attached hydrogen (secondary N) is 2. The van der Waals surface area contributed by atoms with Gasteiger partial charge in [0, 0.05) is 12.8 Å². The van der Waals surface area contributed by atoms with Crippen LogP contribution in [-0.4, -0.2) is 61.0 Å². The van der Waals surface area contributed by atoms with Crippen molar-refractivity contribution >= 4 is 33.3 Å². The van der Waals surface area contributed by atoms with Crippen molar-refractivity contribution in [1.29, 1.82) is 0 Å². The van der Waals surface area contributed by atoms with Crippen LogP contribution in [0, 0.1) is 5.82 Å². The van der Waals surface area contributed by atoms with Gasteiger partial charge in [-0.1, -0.05) is 0 Å². The third-order valence-corrected chi connectivity index (χ3v) is 6.13. The highest BCUT2D eigenvalue weighted by molar-refractivity contribution is 7.91. The number of amides is 3. The molecule has 0 radical (unpaired) electrons. The third-order valence-electron chi connectivity index (χ3n) is 4.38. The molecule has 1 aromatic carbocycles. The van der Waals surface area contributed by atoms with Crippen LogP contribution in [0.3, 0.4) is 0 Å². The van der Waals surface area contributed by atoms with Crippen molar-refractivity contribution in [3.05, 3.63) is 30.1 Å². The number of hydrogen-bond donors (Lipinski definition) is 2. The van der Waals surface area contributed by atoms with E-state index in [0.717, 1.165) is 5.01 Å². The molecule has 10 nitrogen and oxygen atoms in total. The molecule has 0 bridgehead atoms. The number of sulfone groups is 1. The molecule has 156 valence electrons. The van der Waals surface area contributed by atoms with Crippen LogP contribution in [0.4, 0.5) is 4.39 Å². The van der Waals surface area contributed by atoms with Crippen molar-refractivity contribution in [2.75, 3.05) is 18.1 Å². The molecule has 29 heavy (non-hydrogen) atoms. The van der Waals surface area contributed by atoms with Gasteiger partial charge >= 0.3 is 0 Å². The average molecular weight is 426 g/mol. The van der Waals surface area contributed by atoms with Crippen molar-refractivity contribution in [2.24, 2.45) is 5.10 Å². The minimum atomic E-state index is -3.21. The minimum absolute atomic E-state index is 0.00801. The zero-order chi connectivity index (χ0) is 21.0. The number of ether oxygens (including phenoxy) is 1. The van der Waals surface area contributed by atoms with Gasteiger partial charge in [-0.05, 0) is 30.7 Å². The van der Waals surface area contributed by atoms with Crippen molar-refractivity contribution < 1.29 is 31.9 Å². The lowest BCUT2D eigenvalue weighted by molar-refractivity contribution is -0.134. The van der Waals surface area contributed by atoms with Crippen LogP contribution in [0.25, 0.3) is 0 Å².